The van der Waals surface area contributed by atoms with E-state index in [1.165, 1.54) is 11.8 Å². The van der Waals surface area contributed by atoms with E-state index in [1.807, 2.05) is 0 Å². The van der Waals surface area contributed by atoms with E-state index in [2.05, 4.69) is 10.6 Å². The molecule has 0 aromatic heterocycles. The Morgan fingerprint density at radius 2 is 1.80 bits per heavy atom. The predicted molar refractivity (Wildman–Crippen MR) is 91.0 cm³/mol. The topological polar surface area (TPSA) is 179 Å². The van der Waals surface area contributed by atoms with Gasteiger partial charge in [0.1, 0.15) is 18.6 Å². The van der Waals surface area contributed by atoms with Crippen molar-refractivity contribution in [3.63, 3.8) is 0 Å². The highest BCUT2D eigenvalue weighted by Gasteiger charge is 2.26. The summed E-state index contributed by atoms with van der Waals surface area (Å²) in [5.74, 6) is -3.61. The highest BCUT2D eigenvalue weighted by atomic mass is 32.2. The third-order valence-corrected chi connectivity index (χ3v) is 4.50. The fourth-order valence-electron chi connectivity index (χ4n) is 1.50. The van der Waals surface area contributed by atoms with Crippen molar-refractivity contribution >= 4 is 35.5 Å². The Labute approximate surface area is 149 Å². The number of amides is 2. The zero-order valence-corrected chi connectivity index (χ0v) is 15.0. The second-order valence-electron chi connectivity index (χ2n) is 5.94. The van der Waals surface area contributed by atoms with E-state index in [4.69, 9.17) is 15.9 Å². The molecular formula is C14H25N3O7S. The first-order chi connectivity index (χ1) is 11.5. The van der Waals surface area contributed by atoms with Crippen LogP contribution in [0.4, 0.5) is 0 Å². The molecule has 0 rings (SSSR count). The lowest BCUT2D eigenvalue weighted by atomic mass is 10.1. The Morgan fingerprint density at radius 1 is 1.20 bits per heavy atom. The molecule has 0 aliphatic heterocycles. The first-order valence-corrected chi connectivity index (χ1v) is 8.49. The first-order valence-electron chi connectivity index (χ1n) is 7.50. The zero-order valence-electron chi connectivity index (χ0n) is 14.2. The Balaban J connectivity index is 4.75. The first kappa shape index (κ1) is 23.1. The summed E-state index contributed by atoms with van der Waals surface area (Å²) in [4.78, 5) is 45.1. The van der Waals surface area contributed by atoms with E-state index in [-0.39, 0.29) is 25.2 Å². The minimum Gasteiger partial charge on any atom is -0.480 e. The number of carboxylic acids is 2. The van der Waals surface area contributed by atoms with Gasteiger partial charge in [-0.1, -0.05) is 0 Å². The van der Waals surface area contributed by atoms with Gasteiger partial charge in [-0.25, -0.2) is 0 Å². The van der Waals surface area contributed by atoms with Crippen molar-refractivity contribution in [1.82, 2.24) is 10.6 Å². The maximum Gasteiger partial charge on any atom is 0.322 e. The number of aliphatic hydroxyl groups is 1. The van der Waals surface area contributed by atoms with Crippen LogP contribution < -0.4 is 16.4 Å². The van der Waals surface area contributed by atoms with Crippen LogP contribution >= 0.6 is 11.8 Å². The van der Waals surface area contributed by atoms with E-state index >= 15 is 0 Å². The molecule has 0 fully saturated rings. The van der Waals surface area contributed by atoms with Gasteiger partial charge in [-0.15, -0.1) is 0 Å². The Hall–Kier alpha value is -1.85. The quantitative estimate of drug-likeness (QED) is 0.232. The van der Waals surface area contributed by atoms with Crippen LogP contribution in [0.1, 0.15) is 26.7 Å². The normalized spacial score (nSPS) is 13.6. The molecule has 0 spiro atoms. The molecule has 11 heteroatoms. The summed E-state index contributed by atoms with van der Waals surface area (Å²) in [6.07, 6.45) is -0.288. The summed E-state index contributed by atoms with van der Waals surface area (Å²) in [5, 5.41) is 31.2. The minimum atomic E-state index is -1.23. The molecule has 0 saturated heterocycles. The maximum absolute atomic E-state index is 12.1. The molecule has 0 bridgehead atoms. The summed E-state index contributed by atoms with van der Waals surface area (Å²) in [7, 11) is 0. The van der Waals surface area contributed by atoms with Crippen LogP contribution in [-0.2, 0) is 19.2 Å². The maximum atomic E-state index is 12.1. The molecule has 0 saturated carbocycles. The molecule has 0 radical (unpaired) electrons. The van der Waals surface area contributed by atoms with Crippen LogP contribution in [0.25, 0.3) is 0 Å². The fraction of sp³-hybridized carbons (Fsp3) is 0.714. The van der Waals surface area contributed by atoms with Crippen LogP contribution in [0.2, 0.25) is 0 Å². The number of carboxylic acid groups (broad SMARTS) is 2. The van der Waals surface area contributed by atoms with Crippen molar-refractivity contribution in [2.24, 2.45) is 5.73 Å². The van der Waals surface area contributed by atoms with Crippen LogP contribution in [0.15, 0.2) is 0 Å². The van der Waals surface area contributed by atoms with Gasteiger partial charge < -0.3 is 31.7 Å². The molecule has 0 aliphatic carbocycles. The number of carbonyl (C=O) groups excluding carboxylic acids is 2. The fourth-order valence-corrected chi connectivity index (χ4v) is 2.44. The number of nitrogens with one attached hydrogen (secondary N) is 2. The van der Waals surface area contributed by atoms with Gasteiger partial charge in [0.05, 0.1) is 6.61 Å². The summed E-state index contributed by atoms with van der Waals surface area (Å²) < 4.78 is -0.554. The van der Waals surface area contributed by atoms with Crippen LogP contribution in [-0.4, -0.2) is 74.8 Å². The van der Waals surface area contributed by atoms with Crippen molar-refractivity contribution in [2.75, 3.05) is 18.9 Å². The smallest absolute Gasteiger partial charge is 0.322 e. The molecule has 2 atom stereocenters. The second-order valence-corrected chi connectivity index (χ2v) is 7.67. The van der Waals surface area contributed by atoms with E-state index in [9.17, 15) is 24.3 Å². The average Bonchev–Trinajstić information content (AvgIpc) is 2.53. The number of rotatable bonds is 12. The van der Waals surface area contributed by atoms with Gasteiger partial charge in [-0.05, 0) is 20.3 Å². The third-order valence-electron chi connectivity index (χ3n) is 3.09. The van der Waals surface area contributed by atoms with Crippen molar-refractivity contribution in [2.45, 2.75) is 43.5 Å². The lowest BCUT2D eigenvalue weighted by Gasteiger charge is -2.25. The van der Waals surface area contributed by atoms with E-state index < -0.39 is 47.1 Å². The summed E-state index contributed by atoms with van der Waals surface area (Å²) in [6.45, 7) is 2.75. The van der Waals surface area contributed by atoms with Crippen LogP contribution in [0.3, 0.4) is 0 Å². The molecule has 0 aromatic rings. The lowest BCUT2D eigenvalue weighted by Crippen LogP contribution is -2.50. The summed E-state index contributed by atoms with van der Waals surface area (Å²) in [5.41, 5.74) is 5.31. The van der Waals surface area contributed by atoms with Crippen molar-refractivity contribution in [1.29, 1.82) is 0 Å². The molecule has 144 valence electrons. The van der Waals surface area contributed by atoms with Gasteiger partial charge in [-0.3, -0.25) is 19.2 Å². The van der Waals surface area contributed by atoms with E-state index in [1.54, 1.807) is 13.8 Å². The van der Waals surface area contributed by atoms with Crippen LogP contribution in [0.5, 0.6) is 0 Å². The van der Waals surface area contributed by atoms with Crippen molar-refractivity contribution in [3.8, 4) is 0 Å². The molecule has 25 heavy (non-hydrogen) atoms. The standard InChI is InChI=1S/C14H25N3O7S/c1-14(2,7-18)25-6-9(12(22)16-5-11(20)21)17-10(19)4-3-8(15)13(23)24/h8-9,18H,3-7,15H2,1-2H3,(H,16,22)(H,17,19)(H,20,21)(H,23,24)/t8-,9-/m0/s1. The van der Waals surface area contributed by atoms with E-state index in [0.717, 1.165) is 0 Å². The van der Waals surface area contributed by atoms with Gasteiger partial charge in [0, 0.05) is 16.9 Å². The molecule has 2 amide bonds. The predicted octanol–water partition coefficient (Wildman–Crippen LogP) is -1.63. The molecule has 0 aliphatic rings. The minimum absolute atomic E-state index is 0.0973. The highest BCUT2D eigenvalue weighted by Crippen LogP contribution is 2.24. The van der Waals surface area contributed by atoms with Crippen molar-refractivity contribution in [3.05, 3.63) is 0 Å². The van der Waals surface area contributed by atoms with Gasteiger partial charge in [0.15, 0.2) is 0 Å². The monoisotopic (exact) mass is 379 g/mol. The number of carbonyl (C=O) groups is 4. The molecular weight excluding hydrogens is 354 g/mol. The SMILES string of the molecule is CC(C)(CO)SC[C@H](NC(=O)CC[C@H](N)C(=O)O)C(=O)NCC(=O)O. The molecule has 10 nitrogen and oxygen atoms in total. The number of nitrogens with two attached hydrogens (primary N) is 1. The summed E-state index contributed by atoms with van der Waals surface area (Å²) >= 11 is 1.23. The molecule has 0 aromatic carbocycles. The number of hydrogen-bond donors (Lipinski definition) is 6. The average molecular weight is 379 g/mol. The van der Waals surface area contributed by atoms with Gasteiger partial charge in [0.2, 0.25) is 11.8 Å². The summed E-state index contributed by atoms with van der Waals surface area (Å²) in [6, 6.07) is -2.21. The molecule has 0 unspecified atom stereocenters. The van der Waals surface area contributed by atoms with Gasteiger partial charge >= 0.3 is 11.9 Å². The molecule has 7 N–H and O–H groups in total. The van der Waals surface area contributed by atoms with Crippen molar-refractivity contribution < 1.29 is 34.5 Å². The molecule has 0 heterocycles. The van der Waals surface area contributed by atoms with Gasteiger partial charge in [-0.2, -0.15) is 11.8 Å². The number of thioether (sulfide) groups is 1. The zero-order chi connectivity index (χ0) is 19.6. The van der Waals surface area contributed by atoms with Gasteiger partial charge in [0.25, 0.3) is 0 Å². The number of hydrogen-bond acceptors (Lipinski definition) is 7. The van der Waals surface area contributed by atoms with Crippen LogP contribution in [0, 0.1) is 0 Å². The van der Waals surface area contributed by atoms with E-state index in [0.29, 0.717) is 0 Å². The largest absolute Gasteiger partial charge is 0.480 e. The Bertz CT molecular complexity index is 499. The Morgan fingerprint density at radius 3 is 2.28 bits per heavy atom. The number of aliphatic carboxylic acids is 2. The lowest BCUT2D eigenvalue weighted by molar-refractivity contribution is -0.139. The third kappa shape index (κ3) is 10.6. The number of aliphatic hydroxyl groups excluding tert-OH is 1. The highest BCUT2D eigenvalue weighted by molar-refractivity contribution is 8.00. The Kier molecular flexibility index (Phi) is 10.1. The second kappa shape index (κ2) is 10.9.